The van der Waals surface area contributed by atoms with E-state index in [-0.39, 0.29) is 19.2 Å². The highest BCUT2D eigenvalue weighted by Crippen LogP contribution is 2.35. The van der Waals surface area contributed by atoms with Gasteiger partial charge in [-0.3, -0.25) is 0 Å². The van der Waals surface area contributed by atoms with Crippen LogP contribution in [0, 0.1) is 0 Å². The number of ether oxygens (including phenoxy) is 2. The van der Waals surface area contributed by atoms with Gasteiger partial charge < -0.3 is 14.6 Å². The lowest BCUT2D eigenvalue weighted by Crippen LogP contribution is -2.09. The Morgan fingerprint density at radius 1 is 0.892 bits per heavy atom. The summed E-state index contributed by atoms with van der Waals surface area (Å²) in [5.41, 5.74) is 7.57. The van der Waals surface area contributed by atoms with Crippen LogP contribution in [0.15, 0.2) is 78.9 Å². The van der Waals surface area contributed by atoms with Crippen LogP contribution in [-0.2, 0) is 16.0 Å². The molecule has 0 atom stereocenters. The third kappa shape index (κ3) is 7.11. The molecule has 4 heteroatoms. The molecular weight excluding hydrogens is 460 g/mol. The van der Waals surface area contributed by atoms with E-state index in [0.29, 0.717) is 30.9 Å². The average molecular weight is 499 g/mol. The molecule has 0 saturated heterocycles. The van der Waals surface area contributed by atoms with Crippen LogP contribution in [0.1, 0.15) is 62.5 Å². The number of carbonyl (C=O) groups excluding carboxylic acids is 1. The van der Waals surface area contributed by atoms with E-state index in [1.54, 1.807) is 0 Å². The van der Waals surface area contributed by atoms with Crippen LogP contribution in [0.5, 0.6) is 5.75 Å². The SMILES string of the molecule is C=C(CC)C(=O)OCCc1cc(-c2ccc(C3CCCCC3)cc2)ccc1-c1ccc(OCCO)cc1. The van der Waals surface area contributed by atoms with Gasteiger partial charge >= 0.3 is 5.97 Å². The summed E-state index contributed by atoms with van der Waals surface area (Å²) in [6.45, 7) is 6.24. The van der Waals surface area contributed by atoms with Crippen molar-refractivity contribution in [2.24, 2.45) is 0 Å². The number of hydrogen-bond donors (Lipinski definition) is 1. The highest BCUT2D eigenvalue weighted by Gasteiger charge is 2.16. The van der Waals surface area contributed by atoms with Crippen molar-refractivity contribution in [1.29, 1.82) is 0 Å². The van der Waals surface area contributed by atoms with Crippen molar-refractivity contribution in [3.05, 3.63) is 90.0 Å². The van der Waals surface area contributed by atoms with Gasteiger partial charge in [0.2, 0.25) is 0 Å². The van der Waals surface area contributed by atoms with E-state index in [1.807, 2.05) is 31.2 Å². The summed E-state index contributed by atoms with van der Waals surface area (Å²) in [6, 6.07) is 23.5. The van der Waals surface area contributed by atoms with Gasteiger partial charge in [-0.25, -0.2) is 4.79 Å². The van der Waals surface area contributed by atoms with Crippen LogP contribution in [-0.4, -0.2) is 30.9 Å². The molecule has 3 aromatic rings. The molecule has 1 fully saturated rings. The maximum Gasteiger partial charge on any atom is 0.333 e. The number of aliphatic hydroxyl groups is 1. The maximum atomic E-state index is 12.1. The van der Waals surface area contributed by atoms with Gasteiger partial charge in [0, 0.05) is 12.0 Å². The first kappa shape index (κ1) is 26.7. The lowest BCUT2D eigenvalue weighted by molar-refractivity contribution is -0.139. The zero-order chi connectivity index (χ0) is 26.0. The number of rotatable bonds is 11. The van der Waals surface area contributed by atoms with E-state index in [1.165, 1.54) is 43.2 Å². The summed E-state index contributed by atoms with van der Waals surface area (Å²) in [5.74, 6) is 1.09. The van der Waals surface area contributed by atoms with E-state index >= 15 is 0 Å². The molecule has 4 rings (SSSR count). The van der Waals surface area contributed by atoms with Crippen LogP contribution in [0.3, 0.4) is 0 Å². The molecule has 194 valence electrons. The van der Waals surface area contributed by atoms with Crippen molar-refractivity contribution in [3.8, 4) is 28.0 Å². The fraction of sp³-hybridized carbons (Fsp3) is 0.364. The highest BCUT2D eigenvalue weighted by molar-refractivity contribution is 5.87. The van der Waals surface area contributed by atoms with E-state index < -0.39 is 0 Å². The minimum Gasteiger partial charge on any atom is -0.491 e. The van der Waals surface area contributed by atoms with E-state index in [0.717, 1.165) is 28.0 Å². The molecule has 1 aliphatic rings. The number of carbonyl (C=O) groups is 1. The molecule has 1 N–H and O–H groups in total. The molecule has 1 saturated carbocycles. The third-order valence-electron chi connectivity index (χ3n) is 7.27. The molecule has 4 nitrogen and oxygen atoms in total. The highest BCUT2D eigenvalue weighted by atomic mass is 16.5. The molecule has 0 amide bonds. The Balaban J connectivity index is 1.57. The Bertz CT molecular complexity index is 1170. The Morgan fingerprint density at radius 3 is 2.24 bits per heavy atom. The predicted molar refractivity (Wildman–Crippen MR) is 150 cm³/mol. The molecule has 0 unspecified atom stereocenters. The van der Waals surface area contributed by atoms with Crippen LogP contribution in [0.2, 0.25) is 0 Å². The van der Waals surface area contributed by atoms with E-state index in [9.17, 15) is 4.79 Å². The van der Waals surface area contributed by atoms with Gasteiger partial charge in [0.05, 0.1) is 13.2 Å². The van der Waals surface area contributed by atoms with Crippen LogP contribution in [0.4, 0.5) is 0 Å². The molecule has 0 spiro atoms. The monoisotopic (exact) mass is 498 g/mol. The predicted octanol–water partition coefficient (Wildman–Crippen LogP) is 7.49. The quantitative estimate of drug-likeness (QED) is 0.220. The standard InChI is InChI=1S/C33H38O4/c1-3-24(2)33(35)37-21-19-30-23-29(27-11-9-26(10-12-27)25-7-5-4-6-8-25)15-18-32(30)28-13-16-31(17-14-28)36-22-20-34/h9-18,23,25,34H,2-8,19-22H2,1H3. The Kier molecular flexibility index (Phi) is 9.56. The van der Waals surface area contributed by atoms with Crippen molar-refractivity contribution in [3.63, 3.8) is 0 Å². The van der Waals surface area contributed by atoms with E-state index in [2.05, 4.69) is 49.0 Å². The molecule has 0 heterocycles. The molecule has 0 radical (unpaired) electrons. The first-order valence-corrected chi connectivity index (χ1v) is 13.5. The van der Waals surface area contributed by atoms with Crippen LogP contribution in [0.25, 0.3) is 22.3 Å². The minimum atomic E-state index is -0.330. The minimum absolute atomic E-state index is 0.0157. The molecule has 0 bridgehead atoms. The normalized spacial score (nSPS) is 13.8. The van der Waals surface area contributed by atoms with Gasteiger partial charge in [-0.05, 0) is 70.7 Å². The summed E-state index contributed by atoms with van der Waals surface area (Å²) >= 11 is 0. The second-order valence-electron chi connectivity index (χ2n) is 9.77. The first-order chi connectivity index (χ1) is 18.1. The molecule has 37 heavy (non-hydrogen) atoms. The fourth-order valence-corrected chi connectivity index (χ4v) is 5.04. The molecule has 1 aliphatic carbocycles. The van der Waals surface area contributed by atoms with Gasteiger partial charge in [-0.15, -0.1) is 0 Å². The van der Waals surface area contributed by atoms with Crippen LogP contribution >= 0.6 is 0 Å². The second-order valence-corrected chi connectivity index (χ2v) is 9.77. The Morgan fingerprint density at radius 2 is 1.57 bits per heavy atom. The second kappa shape index (κ2) is 13.3. The van der Waals surface area contributed by atoms with Crippen molar-refractivity contribution in [1.82, 2.24) is 0 Å². The lowest BCUT2D eigenvalue weighted by atomic mass is 9.83. The van der Waals surface area contributed by atoms with Crippen molar-refractivity contribution in [2.75, 3.05) is 19.8 Å². The maximum absolute atomic E-state index is 12.1. The topological polar surface area (TPSA) is 55.8 Å². The first-order valence-electron chi connectivity index (χ1n) is 13.5. The van der Waals surface area contributed by atoms with Crippen molar-refractivity contribution < 1.29 is 19.4 Å². The zero-order valence-corrected chi connectivity index (χ0v) is 21.9. The van der Waals surface area contributed by atoms with Crippen molar-refractivity contribution >= 4 is 5.97 Å². The fourth-order valence-electron chi connectivity index (χ4n) is 5.04. The number of benzene rings is 3. The third-order valence-corrected chi connectivity index (χ3v) is 7.27. The van der Waals surface area contributed by atoms with Crippen molar-refractivity contribution in [2.45, 2.75) is 57.8 Å². The summed E-state index contributed by atoms with van der Waals surface area (Å²) in [5, 5.41) is 9.00. The summed E-state index contributed by atoms with van der Waals surface area (Å²) in [4.78, 5) is 12.1. The van der Waals surface area contributed by atoms with Gasteiger partial charge in [0.1, 0.15) is 12.4 Å². The van der Waals surface area contributed by atoms with Crippen LogP contribution < -0.4 is 4.74 Å². The zero-order valence-electron chi connectivity index (χ0n) is 21.9. The lowest BCUT2D eigenvalue weighted by Gasteiger charge is -2.22. The Hall–Kier alpha value is -3.37. The largest absolute Gasteiger partial charge is 0.491 e. The van der Waals surface area contributed by atoms with Gasteiger partial charge in [0.25, 0.3) is 0 Å². The molecule has 0 aromatic heterocycles. The Labute approximate surface area is 221 Å². The summed E-state index contributed by atoms with van der Waals surface area (Å²) in [7, 11) is 0. The number of hydrogen-bond acceptors (Lipinski definition) is 4. The number of aliphatic hydroxyl groups excluding tert-OH is 1. The van der Waals surface area contributed by atoms with Gasteiger partial charge in [-0.1, -0.05) is 87.4 Å². The molecule has 0 aliphatic heterocycles. The average Bonchev–Trinajstić information content (AvgIpc) is 2.96. The smallest absolute Gasteiger partial charge is 0.333 e. The summed E-state index contributed by atoms with van der Waals surface area (Å²) in [6.07, 6.45) is 7.82. The van der Waals surface area contributed by atoms with E-state index in [4.69, 9.17) is 14.6 Å². The molecule has 3 aromatic carbocycles. The van der Waals surface area contributed by atoms with Gasteiger partial charge in [-0.2, -0.15) is 0 Å². The van der Waals surface area contributed by atoms with Gasteiger partial charge in [0.15, 0.2) is 0 Å². The number of esters is 1. The summed E-state index contributed by atoms with van der Waals surface area (Å²) < 4.78 is 11.0. The molecular formula is C33H38O4.